The highest BCUT2D eigenvalue weighted by Crippen LogP contribution is 2.38. The van der Waals surface area contributed by atoms with Crippen LogP contribution >= 0.6 is 11.3 Å². The molecule has 198 valence electrons. The Kier molecular flexibility index (Phi) is 7.09. The number of carbonyl (C=O) groups excluding carboxylic acids is 4. The summed E-state index contributed by atoms with van der Waals surface area (Å²) in [5.74, 6) is -0.301. The lowest BCUT2D eigenvalue weighted by Crippen LogP contribution is -2.58. The third-order valence-corrected chi connectivity index (χ3v) is 8.69. The first-order valence-electron chi connectivity index (χ1n) is 13.0. The quantitative estimate of drug-likeness (QED) is 0.616. The smallest absolute Gasteiger partial charge is 0.417 e. The van der Waals surface area contributed by atoms with Crippen molar-refractivity contribution in [1.82, 2.24) is 20.0 Å². The molecule has 37 heavy (non-hydrogen) atoms. The number of hydrogen-bond acceptors (Lipinski definition) is 7. The number of nitrogens with zero attached hydrogens (tertiary/aromatic N) is 3. The van der Waals surface area contributed by atoms with Gasteiger partial charge in [0.25, 0.3) is 11.8 Å². The number of rotatable bonds is 5. The molecular weight excluding hydrogens is 494 g/mol. The van der Waals surface area contributed by atoms with Crippen LogP contribution in [0.3, 0.4) is 0 Å². The molecule has 2 aromatic rings. The number of likely N-dealkylation sites (tertiary alicyclic amines) is 2. The maximum Gasteiger partial charge on any atom is 0.417 e. The van der Waals surface area contributed by atoms with Crippen molar-refractivity contribution in [3.05, 3.63) is 29.8 Å². The average molecular weight is 528 g/mol. The molecule has 0 bridgehead atoms. The number of anilines is 1. The highest BCUT2D eigenvalue weighted by molar-refractivity contribution is 7.23. The zero-order valence-corrected chi connectivity index (χ0v) is 22.1. The fourth-order valence-corrected chi connectivity index (χ4v) is 6.83. The van der Waals surface area contributed by atoms with Gasteiger partial charge in [0.15, 0.2) is 0 Å². The van der Waals surface area contributed by atoms with Gasteiger partial charge < -0.3 is 15.0 Å². The van der Waals surface area contributed by atoms with E-state index in [-0.39, 0.29) is 23.9 Å². The van der Waals surface area contributed by atoms with E-state index in [1.807, 2.05) is 36.1 Å². The van der Waals surface area contributed by atoms with E-state index in [1.165, 1.54) is 16.2 Å². The van der Waals surface area contributed by atoms with Crippen molar-refractivity contribution >= 4 is 50.4 Å². The summed E-state index contributed by atoms with van der Waals surface area (Å²) < 4.78 is 6.63. The van der Waals surface area contributed by atoms with Crippen LogP contribution in [0.5, 0.6) is 0 Å². The summed E-state index contributed by atoms with van der Waals surface area (Å²) in [5.41, 5.74) is -0.549. The molecule has 4 heterocycles. The van der Waals surface area contributed by atoms with Crippen LogP contribution in [-0.2, 0) is 9.53 Å². The Bertz CT molecular complexity index is 1220. The summed E-state index contributed by atoms with van der Waals surface area (Å²) in [6.07, 6.45) is 3.04. The number of amides is 5. The summed E-state index contributed by atoms with van der Waals surface area (Å²) in [5, 5.41) is 6.74. The number of ether oxygens (including phenoxy) is 1. The fraction of sp³-hybridized carbons (Fsp3) is 0.538. The van der Waals surface area contributed by atoms with Crippen molar-refractivity contribution in [2.75, 3.05) is 45.1 Å². The van der Waals surface area contributed by atoms with Crippen LogP contribution in [0.15, 0.2) is 24.3 Å². The largest absolute Gasteiger partial charge is 0.431 e. The zero-order chi connectivity index (χ0) is 26.2. The molecule has 11 heteroatoms. The molecule has 5 rings (SSSR count). The molecule has 1 aromatic carbocycles. The molecule has 10 nitrogen and oxygen atoms in total. The number of thiophene rings is 1. The van der Waals surface area contributed by atoms with E-state index in [9.17, 15) is 19.2 Å². The van der Waals surface area contributed by atoms with Gasteiger partial charge in [0.2, 0.25) is 5.60 Å². The van der Waals surface area contributed by atoms with E-state index >= 15 is 0 Å². The maximum atomic E-state index is 13.7. The number of carbonyl (C=O) groups is 4. The minimum atomic E-state index is -1.08. The van der Waals surface area contributed by atoms with Gasteiger partial charge >= 0.3 is 12.1 Å². The van der Waals surface area contributed by atoms with Gasteiger partial charge in [-0.2, -0.15) is 0 Å². The van der Waals surface area contributed by atoms with Crippen molar-refractivity contribution in [3.8, 4) is 0 Å². The summed E-state index contributed by atoms with van der Waals surface area (Å²) in [7, 11) is 1.54. The van der Waals surface area contributed by atoms with Gasteiger partial charge in [-0.1, -0.05) is 25.1 Å². The first-order valence-corrected chi connectivity index (χ1v) is 13.8. The number of hydrogen-bond donors (Lipinski definition) is 2. The number of nitrogens with one attached hydrogen (secondary N) is 2. The number of benzene rings is 1. The lowest BCUT2D eigenvalue weighted by atomic mass is 9.89. The van der Waals surface area contributed by atoms with Crippen LogP contribution in [0, 0.1) is 0 Å². The highest BCUT2D eigenvalue weighted by atomic mass is 32.1. The third-order valence-electron chi connectivity index (χ3n) is 7.60. The molecule has 0 aliphatic carbocycles. The Labute approximate surface area is 219 Å². The first-order chi connectivity index (χ1) is 17.9. The topological polar surface area (TPSA) is 111 Å². The number of fused-ring (bicyclic) bond motifs is 1. The molecule has 3 saturated heterocycles. The SMILES string of the molecule is CCCN1C(=O)OC2(CCCN(C3CCN(C(=O)c4c(NC(=O)NC)sc5ccccc45)CC3)C2)C1=O. The lowest BCUT2D eigenvalue weighted by Gasteiger charge is -2.44. The molecule has 5 amide bonds. The van der Waals surface area contributed by atoms with E-state index in [2.05, 4.69) is 15.5 Å². The highest BCUT2D eigenvalue weighted by Gasteiger charge is 2.56. The van der Waals surface area contributed by atoms with Gasteiger partial charge in [0, 0.05) is 49.4 Å². The van der Waals surface area contributed by atoms with Crippen molar-refractivity contribution in [3.63, 3.8) is 0 Å². The predicted octanol–water partition coefficient (Wildman–Crippen LogP) is 3.48. The second kappa shape index (κ2) is 10.3. The van der Waals surface area contributed by atoms with Crippen LogP contribution in [-0.4, -0.2) is 90.1 Å². The predicted molar refractivity (Wildman–Crippen MR) is 141 cm³/mol. The first kappa shape index (κ1) is 25.5. The van der Waals surface area contributed by atoms with Gasteiger partial charge in [-0.3, -0.25) is 19.8 Å². The van der Waals surface area contributed by atoms with Crippen LogP contribution in [0.25, 0.3) is 10.1 Å². The van der Waals surface area contributed by atoms with Gasteiger partial charge in [-0.15, -0.1) is 11.3 Å². The van der Waals surface area contributed by atoms with Crippen LogP contribution in [0.2, 0.25) is 0 Å². The third kappa shape index (κ3) is 4.66. The molecule has 1 atom stereocenters. The Balaban J connectivity index is 1.27. The van der Waals surface area contributed by atoms with Crippen LogP contribution < -0.4 is 10.6 Å². The summed E-state index contributed by atoms with van der Waals surface area (Å²) in [6.45, 7) is 4.72. The molecule has 3 aliphatic rings. The standard InChI is InChI=1S/C26H33N5O5S/c1-3-12-31-23(33)26(36-25(31)35)11-6-13-30(16-26)17-9-14-29(15-10-17)22(32)20-18-7-4-5-8-19(18)37-21(20)28-24(34)27-2/h4-5,7-8,17H,3,6,9-16H2,1-2H3,(H2,27,28,34). The van der Waals surface area contributed by atoms with Gasteiger partial charge in [-0.05, 0) is 44.7 Å². The molecule has 1 spiro atoms. The van der Waals surface area contributed by atoms with E-state index < -0.39 is 11.7 Å². The van der Waals surface area contributed by atoms with Gasteiger partial charge in [-0.25, -0.2) is 14.5 Å². The summed E-state index contributed by atoms with van der Waals surface area (Å²) >= 11 is 1.39. The summed E-state index contributed by atoms with van der Waals surface area (Å²) in [6, 6.07) is 7.51. The minimum absolute atomic E-state index is 0.0903. The molecule has 1 aromatic heterocycles. The molecule has 3 fully saturated rings. The van der Waals surface area contributed by atoms with Crippen molar-refractivity contribution in [2.24, 2.45) is 0 Å². The van der Waals surface area contributed by atoms with Crippen LogP contribution in [0.1, 0.15) is 49.4 Å². The van der Waals surface area contributed by atoms with Gasteiger partial charge in [0.1, 0.15) is 5.00 Å². The maximum absolute atomic E-state index is 13.7. The Morgan fingerprint density at radius 1 is 1.16 bits per heavy atom. The second-order valence-electron chi connectivity index (χ2n) is 9.92. The Morgan fingerprint density at radius 3 is 2.65 bits per heavy atom. The number of urea groups is 1. The van der Waals surface area contributed by atoms with E-state index in [1.54, 1.807) is 7.05 Å². The molecule has 2 N–H and O–H groups in total. The molecule has 1 unspecified atom stereocenters. The monoisotopic (exact) mass is 527 g/mol. The normalized spacial score (nSPS) is 23.1. The number of piperidine rings is 2. The molecule has 0 radical (unpaired) electrons. The molecule has 3 aliphatic heterocycles. The van der Waals surface area contributed by atoms with E-state index in [0.717, 1.165) is 35.9 Å². The van der Waals surface area contributed by atoms with E-state index in [0.29, 0.717) is 49.6 Å². The van der Waals surface area contributed by atoms with Crippen molar-refractivity contribution in [2.45, 2.75) is 50.7 Å². The van der Waals surface area contributed by atoms with Crippen molar-refractivity contribution in [1.29, 1.82) is 0 Å². The second-order valence-corrected chi connectivity index (χ2v) is 11.0. The van der Waals surface area contributed by atoms with Gasteiger partial charge in [0.05, 0.1) is 5.56 Å². The minimum Gasteiger partial charge on any atom is -0.431 e. The zero-order valence-electron chi connectivity index (χ0n) is 21.2. The lowest BCUT2D eigenvalue weighted by molar-refractivity contribution is -0.142. The fourth-order valence-electron chi connectivity index (χ4n) is 5.74. The Hall–Kier alpha value is -3.18. The van der Waals surface area contributed by atoms with Crippen LogP contribution in [0.4, 0.5) is 14.6 Å². The number of imide groups is 1. The van der Waals surface area contributed by atoms with E-state index in [4.69, 9.17) is 4.74 Å². The average Bonchev–Trinajstić information content (AvgIpc) is 3.38. The van der Waals surface area contributed by atoms with Crippen molar-refractivity contribution < 1.29 is 23.9 Å². The molecule has 0 saturated carbocycles. The molecular formula is C26H33N5O5S. The summed E-state index contributed by atoms with van der Waals surface area (Å²) in [4.78, 5) is 56.5. The Morgan fingerprint density at radius 2 is 1.92 bits per heavy atom.